The number of halogens is 1. The van der Waals surface area contributed by atoms with Crippen molar-refractivity contribution in [1.82, 2.24) is 4.90 Å². The molecule has 1 aromatic carbocycles. The second kappa shape index (κ2) is 5.56. The van der Waals surface area contributed by atoms with Crippen LogP contribution in [0.4, 0.5) is 4.39 Å². The van der Waals surface area contributed by atoms with Crippen LogP contribution in [0, 0.1) is 5.82 Å². The van der Waals surface area contributed by atoms with Gasteiger partial charge < -0.3 is 15.9 Å². The van der Waals surface area contributed by atoms with Crippen LogP contribution in [0.15, 0.2) is 18.2 Å². The second-order valence-corrected chi connectivity index (χ2v) is 4.84. The van der Waals surface area contributed by atoms with Gasteiger partial charge in [-0.05, 0) is 12.1 Å². The third kappa shape index (κ3) is 2.94. The number of carbonyl (C=O) groups is 2. The third-order valence-electron chi connectivity index (χ3n) is 3.38. The Hall–Kier alpha value is -1.99. The number of amides is 1. The maximum atomic E-state index is 13.8. The Kier molecular flexibility index (Phi) is 4.01. The Balaban J connectivity index is 2.17. The van der Waals surface area contributed by atoms with Crippen molar-refractivity contribution in [3.05, 3.63) is 35.1 Å². The zero-order chi connectivity index (χ0) is 14.9. The lowest BCUT2D eigenvalue weighted by molar-refractivity contribution is -0.142. The fraction of sp³-hybridized carbons (Fsp3) is 0.385. The molecule has 0 bridgehead atoms. The van der Waals surface area contributed by atoms with E-state index in [1.807, 2.05) is 0 Å². The Labute approximate surface area is 114 Å². The van der Waals surface area contributed by atoms with E-state index in [1.165, 1.54) is 17.0 Å². The zero-order valence-electron chi connectivity index (χ0n) is 10.6. The summed E-state index contributed by atoms with van der Waals surface area (Å²) in [6, 6.07) is 2.99. The number of benzene rings is 1. The number of nitrogens with two attached hydrogens (primary N) is 1. The van der Waals surface area contributed by atoms with Gasteiger partial charge >= 0.3 is 5.97 Å². The molecule has 6 nitrogen and oxygen atoms in total. The first-order valence-electron chi connectivity index (χ1n) is 6.11. The molecule has 1 aliphatic heterocycles. The molecule has 20 heavy (non-hydrogen) atoms. The number of carboxylic acids is 1. The lowest BCUT2D eigenvalue weighted by atomic mass is 10.1. The van der Waals surface area contributed by atoms with Gasteiger partial charge in [0.05, 0.1) is 6.10 Å². The maximum absolute atomic E-state index is 13.8. The van der Waals surface area contributed by atoms with Crippen molar-refractivity contribution < 1.29 is 24.2 Å². The topological polar surface area (TPSA) is 104 Å². The molecule has 7 heteroatoms. The average Bonchev–Trinajstić information content (AvgIpc) is 2.73. The van der Waals surface area contributed by atoms with Crippen LogP contribution < -0.4 is 5.73 Å². The Morgan fingerprint density at radius 1 is 1.45 bits per heavy atom. The van der Waals surface area contributed by atoms with E-state index in [2.05, 4.69) is 0 Å². The highest BCUT2D eigenvalue weighted by Gasteiger charge is 2.36. The highest BCUT2D eigenvalue weighted by molar-refractivity contribution is 5.92. The minimum absolute atomic E-state index is 0.0545. The van der Waals surface area contributed by atoms with Gasteiger partial charge in [-0.15, -0.1) is 0 Å². The molecular weight excluding hydrogens is 267 g/mol. The molecule has 108 valence electrons. The molecule has 1 amide bonds. The van der Waals surface area contributed by atoms with Gasteiger partial charge in [-0.1, -0.05) is 6.07 Å². The highest BCUT2D eigenvalue weighted by atomic mass is 19.1. The number of likely N-dealkylation sites (tertiary alicyclic amines) is 1. The standard InChI is InChI=1S/C13H15FN2O4/c14-10-3-7(12(15)18)1-2-8(10)5-16-6-9(17)4-11(16)13(19)20/h1-3,9,11,17H,4-6H2,(H2,15,18)(H,19,20). The summed E-state index contributed by atoms with van der Waals surface area (Å²) >= 11 is 0. The van der Waals surface area contributed by atoms with E-state index in [4.69, 9.17) is 10.8 Å². The summed E-state index contributed by atoms with van der Waals surface area (Å²) < 4.78 is 13.8. The fourth-order valence-corrected chi connectivity index (χ4v) is 2.36. The van der Waals surface area contributed by atoms with E-state index in [-0.39, 0.29) is 30.6 Å². The predicted molar refractivity (Wildman–Crippen MR) is 67.4 cm³/mol. The number of carbonyl (C=O) groups excluding carboxylic acids is 1. The van der Waals surface area contributed by atoms with Gasteiger partial charge in [0.1, 0.15) is 11.9 Å². The molecule has 0 aromatic heterocycles. The molecule has 0 saturated carbocycles. The van der Waals surface area contributed by atoms with Crippen LogP contribution in [0.5, 0.6) is 0 Å². The Morgan fingerprint density at radius 3 is 2.70 bits per heavy atom. The molecule has 1 heterocycles. The fourth-order valence-electron chi connectivity index (χ4n) is 2.36. The van der Waals surface area contributed by atoms with Crippen molar-refractivity contribution in [3.8, 4) is 0 Å². The normalized spacial score (nSPS) is 22.9. The number of hydrogen-bond donors (Lipinski definition) is 3. The lowest BCUT2D eigenvalue weighted by Crippen LogP contribution is -2.35. The first-order chi connectivity index (χ1) is 9.38. The highest BCUT2D eigenvalue weighted by Crippen LogP contribution is 2.22. The summed E-state index contributed by atoms with van der Waals surface area (Å²) in [6.45, 7) is 0.229. The van der Waals surface area contributed by atoms with Crippen LogP contribution in [-0.4, -0.2) is 45.7 Å². The van der Waals surface area contributed by atoms with Gasteiger partial charge in [-0.3, -0.25) is 14.5 Å². The lowest BCUT2D eigenvalue weighted by Gasteiger charge is -2.21. The summed E-state index contributed by atoms with van der Waals surface area (Å²) in [5.74, 6) is -2.39. The molecule has 2 atom stereocenters. The van der Waals surface area contributed by atoms with Gasteiger partial charge in [0, 0.05) is 30.6 Å². The van der Waals surface area contributed by atoms with Crippen molar-refractivity contribution in [3.63, 3.8) is 0 Å². The van der Waals surface area contributed by atoms with Crippen molar-refractivity contribution in [2.75, 3.05) is 6.54 Å². The first kappa shape index (κ1) is 14.4. The van der Waals surface area contributed by atoms with E-state index in [1.54, 1.807) is 0 Å². The van der Waals surface area contributed by atoms with Crippen LogP contribution in [0.25, 0.3) is 0 Å². The number of primary amides is 1. The maximum Gasteiger partial charge on any atom is 0.321 e. The van der Waals surface area contributed by atoms with Crippen molar-refractivity contribution in [1.29, 1.82) is 0 Å². The minimum Gasteiger partial charge on any atom is -0.480 e. The van der Waals surface area contributed by atoms with Crippen molar-refractivity contribution >= 4 is 11.9 Å². The molecule has 2 unspecified atom stereocenters. The van der Waals surface area contributed by atoms with Crippen LogP contribution >= 0.6 is 0 Å². The molecule has 1 aromatic rings. The number of nitrogens with zero attached hydrogens (tertiary/aromatic N) is 1. The van der Waals surface area contributed by atoms with E-state index in [0.29, 0.717) is 0 Å². The van der Waals surface area contributed by atoms with Crippen LogP contribution in [0.1, 0.15) is 22.3 Å². The Morgan fingerprint density at radius 2 is 2.15 bits per heavy atom. The smallest absolute Gasteiger partial charge is 0.321 e. The van der Waals surface area contributed by atoms with E-state index < -0.39 is 29.8 Å². The van der Waals surface area contributed by atoms with E-state index >= 15 is 0 Å². The SMILES string of the molecule is NC(=O)c1ccc(CN2CC(O)CC2C(=O)O)c(F)c1. The number of β-amino-alcohol motifs (C(OH)–C–C–N with tert-alkyl or cyclic N) is 1. The van der Waals surface area contributed by atoms with E-state index in [9.17, 15) is 19.1 Å². The largest absolute Gasteiger partial charge is 0.480 e. The number of carboxylic acid groups (broad SMARTS) is 1. The van der Waals surface area contributed by atoms with Gasteiger partial charge in [-0.2, -0.15) is 0 Å². The summed E-state index contributed by atoms with van der Waals surface area (Å²) in [7, 11) is 0. The number of aliphatic carboxylic acids is 1. The number of rotatable bonds is 4. The second-order valence-electron chi connectivity index (χ2n) is 4.84. The van der Waals surface area contributed by atoms with Crippen LogP contribution in [0.3, 0.4) is 0 Å². The Bertz CT molecular complexity index is 549. The van der Waals surface area contributed by atoms with Crippen molar-refractivity contribution in [2.24, 2.45) is 5.73 Å². The molecule has 1 aliphatic rings. The molecule has 1 fully saturated rings. The molecule has 2 rings (SSSR count). The molecule has 0 spiro atoms. The third-order valence-corrected chi connectivity index (χ3v) is 3.38. The summed E-state index contributed by atoms with van der Waals surface area (Å²) in [5, 5.41) is 18.6. The van der Waals surface area contributed by atoms with Gasteiger partial charge in [-0.25, -0.2) is 4.39 Å². The monoisotopic (exact) mass is 282 g/mol. The predicted octanol–water partition coefficient (Wildman–Crippen LogP) is -0.0556. The zero-order valence-corrected chi connectivity index (χ0v) is 10.6. The molecular formula is C13H15FN2O4. The average molecular weight is 282 g/mol. The molecule has 4 N–H and O–H groups in total. The number of hydrogen-bond acceptors (Lipinski definition) is 4. The van der Waals surface area contributed by atoms with Gasteiger partial charge in [0.15, 0.2) is 0 Å². The van der Waals surface area contributed by atoms with Crippen LogP contribution in [0.2, 0.25) is 0 Å². The van der Waals surface area contributed by atoms with Gasteiger partial charge in [0.2, 0.25) is 5.91 Å². The van der Waals surface area contributed by atoms with Crippen molar-refractivity contribution in [2.45, 2.75) is 25.1 Å². The molecule has 0 aliphatic carbocycles. The number of aliphatic hydroxyl groups excluding tert-OH is 1. The molecule has 1 saturated heterocycles. The van der Waals surface area contributed by atoms with Crippen LogP contribution in [-0.2, 0) is 11.3 Å². The minimum atomic E-state index is -1.05. The summed E-state index contributed by atoms with van der Waals surface area (Å²) in [4.78, 5) is 23.5. The van der Waals surface area contributed by atoms with E-state index in [0.717, 1.165) is 6.07 Å². The van der Waals surface area contributed by atoms with Gasteiger partial charge in [0.25, 0.3) is 0 Å². The summed E-state index contributed by atoms with van der Waals surface area (Å²) in [6.07, 6.45) is -0.611. The summed E-state index contributed by atoms with van der Waals surface area (Å²) in [5.41, 5.74) is 5.37. The number of aliphatic hydroxyl groups is 1. The first-order valence-corrected chi connectivity index (χ1v) is 6.11. The quantitative estimate of drug-likeness (QED) is 0.718. The molecule has 0 radical (unpaired) electrons.